The van der Waals surface area contributed by atoms with Gasteiger partial charge in [-0.3, -0.25) is 9.59 Å². The summed E-state index contributed by atoms with van der Waals surface area (Å²) in [6.07, 6.45) is 6.54. The van der Waals surface area contributed by atoms with Gasteiger partial charge in [0.15, 0.2) is 0 Å². The third-order valence-corrected chi connectivity index (χ3v) is 3.68. The lowest BCUT2D eigenvalue weighted by molar-refractivity contribution is -0.151. The van der Waals surface area contributed by atoms with E-state index in [1.54, 1.807) is 17.4 Å². The number of nitrogens with one attached hydrogen (secondary N) is 2. The Bertz CT molecular complexity index is 457. The average Bonchev–Trinajstić information content (AvgIpc) is 2.89. The minimum atomic E-state index is -0.452. The number of imidazole rings is 1. The van der Waals surface area contributed by atoms with Crippen molar-refractivity contribution in [2.24, 2.45) is 0 Å². The highest BCUT2D eigenvalue weighted by Gasteiger charge is 2.41. The summed E-state index contributed by atoms with van der Waals surface area (Å²) in [4.78, 5) is 32.9. The molecule has 2 amide bonds. The van der Waals surface area contributed by atoms with Crippen molar-refractivity contribution >= 4 is 11.8 Å². The predicted molar refractivity (Wildman–Crippen MR) is 63.6 cm³/mol. The van der Waals surface area contributed by atoms with Crippen molar-refractivity contribution < 1.29 is 9.59 Å². The largest absolute Gasteiger partial charge is 0.348 e. The van der Waals surface area contributed by atoms with Gasteiger partial charge in [0, 0.05) is 24.9 Å². The number of hydrogen-bond acceptors (Lipinski definition) is 3. The molecule has 2 aliphatic rings. The fourth-order valence-corrected chi connectivity index (χ4v) is 2.75. The maximum Gasteiger partial charge on any atom is 0.246 e. The molecule has 2 saturated heterocycles. The van der Waals surface area contributed by atoms with Crippen LogP contribution < -0.4 is 5.32 Å². The monoisotopic (exact) mass is 248 g/mol. The molecular formula is C12H16N4O2. The Kier molecular flexibility index (Phi) is 2.77. The molecule has 1 aromatic rings. The van der Waals surface area contributed by atoms with Crippen molar-refractivity contribution in [2.45, 2.75) is 37.8 Å². The summed E-state index contributed by atoms with van der Waals surface area (Å²) in [7, 11) is 0. The zero-order chi connectivity index (χ0) is 12.5. The van der Waals surface area contributed by atoms with E-state index < -0.39 is 6.04 Å². The number of hydrogen-bond donors (Lipinski definition) is 2. The Morgan fingerprint density at radius 1 is 1.39 bits per heavy atom. The molecule has 0 aliphatic carbocycles. The molecule has 3 rings (SSSR count). The lowest BCUT2D eigenvalue weighted by Crippen LogP contribution is -2.64. The van der Waals surface area contributed by atoms with Crippen molar-refractivity contribution in [2.75, 3.05) is 6.54 Å². The van der Waals surface area contributed by atoms with E-state index in [1.165, 1.54) is 0 Å². The van der Waals surface area contributed by atoms with Crippen LogP contribution in [0.15, 0.2) is 12.5 Å². The normalized spacial score (nSPS) is 27.9. The van der Waals surface area contributed by atoms with E-state index >= 15 is 0 Å². The Morgan fingerprint density at radius 3 is 3.06 bits per heavy atom. The Labute approximate surface area is 105 Å². The maximum atomic E-state index is 12.3. The van der Waals surface area contributed by atoms with Crippen molar-refractivity contribution in [1.29, 1.82) is 0 Å². The molecule has 0 bridgehead atoms. The number of amides is 2. The van der Waals surface area contributed by atoms with Crippen LogP contribution >= 0.6 is 0 Å². The van der Waals surface area contributed by atoms with E-state index in [0.29, 0.717) is 13.0 Å². The third-order valence-electron chi connectivity index (χ3n) is 3.68. The van der Waals surface area contributed by atoms with Gasteiger partial charge in [-0.1, -0.05) is 0 Å². The molecule has 0 radical (unpaired) electrons. The molecule has 2 N–H and O–H groups in total. The molecular weight excluding hydrogens is 232 g/mol. The lowest BCUT2D eigenvalue weighted by atomic mass is 9.95. The van der Waals surface area contributed by atoms with Gasteiger partial charge in [0.1, 0.15) is 12.1 Å². The summed E-state index contributed by atoms with van der Waals surface area (Å²) in [6.45, 7) is 0.705. The van der Waals surface area contributed by atoms with Gasteiger partial charge < -0.3 is 15.2 Å². The highest BCUT2D eigenvalue weighted by Crippen LogP contribution is 2.22. The van der Waals surface area contributed by atoms with Crippen LogP contribution in [0.3, 0.4) is 0 Å². The van der Waals surface area contributed by atoms with Gasteiger partial charge in [-0.05, 0) is 19.3 Å². The first kappa shape index (κ1) is 11.3. The maximum absolute atomic E-state index is 12.3. The van der Waals surface area contributed by atoms with Crippen molar-refractivity contribution in [3.8, 4) is 0 Å². The zero-order valence-electron chi connectivity index (χ0n) is 10.1. The summed E-state index contributed by atoms with van der Waals surface area (Å²) in [6, 6.07) is -0.698. The topological polar surface area (TPSA) is 78.1 Å². The second-order valence-corrected chi connectivity index (χ2v) is 4.89. The van der Waals surface area contributed by atoms with Crippen LogP contribution in [0.1, 0.15) is 25.0 Å². The first-order chi connectivity index (χ1) is 8.75. The second kappa shape index (κ2) is 4.44. The van der Waals surface area contributed by atoms with Gasteiger partial charge in [-0.25, -0.2) is 4.98 Å². The van der Waals surface area contributed by atoms with Crippen LogP contribution in [-0.2, 0) is 16.0 Å². The molecule has 2 fully saturated rings. The number of piperidine rings is 1. The Morgan fingerprint density at radius 2 is 2.28 bits per heavy atom. The van der Waals surface area contributed by atoms with E-state index in [9.17, 15) is 9.59 Å². The number of H-pyrrole nitrogens is 1. The lowest BCUT2D eigenvalue weighted by Gasteiger charge is -2.41. The van der Waals surface area contributed by atoms with E-state index in [1.807, 2.05) is 0 Å². The van der Waals surface area contributed by atoms with Gasteiger partial charge in [-0.2, -0.15) is 0 Å². The van der Waals surface area contributed by atoms with Crippen LogP contribution in [0.25, 0.3) is 0 Å². The minimum absolute atomic E-state index is 0.0150. The molecule has 6 heteroatoms. The van der Waals surface area contributed by atoms with Gasteiger partial charge in [0.25, 0.3) is 0 Å². The SMILES string of the molecule is O=C1NC(Cc2cnc[nH]2)C(=O)N2CCCCC12. The Hall–Kier alpha value is -1.85. The molecule has 0 saturated carbocycles. The molecule has 1 aromatic heterocycles. The summed E-state index contributed by atoms with van der Waals surface area (Å²) >= 11 is 0. The number of rotatable bonds is 2. The van der Waals surface area contributed by atoms with Gasteiger partial charge in [-0.15, -0.1) is 0 Å². The Balaban J connectivity index is 1.76. The van der Waals surface area contributed by atoms with Crippen molar-refractivity contribution in [3.05, 3.63) is 18.2 Å². The van der Waals surface area contributed by atoms with E-state index in [0.717, 1.165) is 25.0 Å². The van der Waals surface area contributed by atoms with Crippen LogP contribution in [-0.4, -0.2) is 45.3 Å². The molecule has 6 nitrogen and oxygen atoms in total. The van der Waals surface area contributed by atoms with E-state index in [2.05, 4.69) is 15.3 Å². The summed E-state index contributed by atoms with van der Waals surface area (Å²) in [5.41, 5.74) is 0.865. The molecule has 2 aliphatic heterocycles. The van der Waals surface area contributed by atoms with Crippen LogP contribution in [0.4, 0.5) is 0 Å². The number of piperazine rings is 1. The zero-order valence-corrected chi connectivity index (χ0v) is 10.1. The number of carbonyl (C=O) groups is 2. The fourth-order valence-electron chi connectivity index (χ4n) is 2.75. The minimum Gasteiger partial charge on any atom is -0.348 e. The standard InChI is InChI=1S/C12H16N4O2/c17-11-10-3-1-2-4-16(10)12(18)9(15-11)5-8-6-13-7-14-8/h6-7,9-10H,1-5H2,(H,13,14)(H,15,17). The quantitative estimate of drug-likeness (QED) is 0.763. The first-order valence-electron chi connectivity index (χ1n) is 6.34. The van der Waals surface area contributed by atoms with Crippen LogP contribution in [0, 0.1) is 0 Å². The smallest absolute Gasteiger partial charge is 0.246 e. The number of aromatic amines is 1. The van der Waals surface area contributed by atoms with Crippen molar-refractivity contribution in [3.63, 3.8) is 0 Å². The van der Waals surface area contributed by atoms with Gasteiger partial charge in [0.05, 0.1) is 6.33 Å². The molecule has 0 aromatic carbocycles. The molecule has 2 unspecified atom stereocenters. The molecule has 0 spiro atoms. The van der Waals surface area contributed by atoms with Gasteiger partial charge >= 0.3 is 0 Å². The average molecular weight is 248 g/mol. The first-order valence-corrected chi connectivity index (χ1v) is 6.34. The molecule has 18 heavy (non-hydrogen) atoms. The predicted octanol–water partition coefficient (Wildman–Crippen LogP) is -0.168. The fraction of sp³-hybridized carbons (Fsp3) is 0.583. The molecule has 2 atom stereocenters. The molecule has 96 valence electrons. The number of nitrogens with zero attached hydrogens (tertiary/aromatic N) is 2. The third kappa shape index (κ3) is 1.87. The summed E-state index contributed by atoms with van der Waals surface area (Å²) in [5.74, 6) is 0.0210. The molecule has 3 heterocycles. The highest BCUT2D eigenvalue weighted by molar-refractivity contribution is 5.97. The second-order valence-electron chi connectivity index (χ2n) is 4.89. The number of carbonyl (C=O) groups excluding carboxylic acids is 2. The number of fused-ring (bicyclic) bond motifs is 1. The number of aromatic nitrogens is 2. The highest BCUT2D eigenvalue weighted by atomic mass is 16.2. The van der Waals surface area contributed by atoms with Crippen LogP contribution in [0.2, 0.25) is 0 Å². The summed E-state index contributed by atoms with van der Waals surface area (Å²) < 4.78 is 0. The van der Waals surface area contributed by atoms with E-state index in [4.69, 9.17) is 0 Å². The van der Waals surface area contributed by atoms with Crippen LogP contribution in [0.5, 0.6) is 0 Å². The van der Waals surface area contributed by atoms with Crippen molar-refractivity contribution in [1.82, 2.24) is 20.2 Å². The van der Waals surface area contributed by atoms with Gasteiger partial charge in [0.2, 0.25) is 11.8 Å². The summed E-state index contributed by atoms with van der Waals surface area (Å²) in [5, 5.41) is 2.83. The van der Waals surface area contributed by atoms with E-state index in [-0.39, 0.29) is 17.9 Å².